The van der Waals surface area contributed by atoms with Crippen LogP contribution in [-0.4, -0.2) is 17.6 Å². The number of hydrogen-bond acceptors (Lipinski definition) is 3. The van der Waals surface area contributed by atoms with Crippen molar-refractivity contribution in [2.75, 3.05) is 10.6 Å². The van der Waals surface area contributed by atoms with Crippen LogP contribution in [0.4, 0.5) is 11.4 Å². The fourth-order valence-corrected chi connectivity index (χ4v) is 3.10. The second-order valence-electron chi connectivity index (χ2n) is 6.80. The quantitative estimate of drug-likeness (QED) is 0.513. The summed E-state index contributed by atoms with van der Waals surface area (Å²) in [5.74, 6) is -0.860. The zero-order valence-corrected chi connectivity index (χ0v) is 17.2. The van der Waals surface area contributed by atoms with E-state index in [1.165, 1.54) is 6.07 Å². The summed E-state index contributed by atoms with van der Waals surface area (Å²) in [6, 6.07) is 20.9. The smallest absolute Gasteiger partial charge is 0.224 e. The lowest BCUT2D eigenvalue weighted by Gasteiger charge is -2.12. The topological polar surface area (TPSA) is 75.3 Å². The van der Waals surface area contributed by atoms with E-state index in [1.807, 2.05) is 37.3 Å². The van der Waals surface area contributed by atoms with Gasteiger partial charge < -0.3 is 10.6 Å². The molecule has 0 heterocycles. The van der Waals surface area contributed by atoms with Gasteiger partial charge in [-0.3, -0.25) is 14.4 Å². The second kappa shape index (κ2) is 9.85. The summed E-state index contributed by atoms with van der Waals surface area (Å²) < 4.78 is 0. The number of hydrogen-bond donors (Lipinski definition) is 2. The maximum absolute atomic E-state index is 12.8. The van der Waals surface area contributed by atoms with Gasteiger partial charge in [0.2, 0.25) is 11.8 Å². The molecule has 6 heteroatoms. The van der Waals surface area contributed by atoms with Crippen molar-refractivity contribution in [1.29, 1.82) is 0 Å². The number of anilines is 2. The molecule has 0 unspecified atom stereocenters. The molecule has 0 saturated heterocycles. The summed E-state index contributed by atoms with van der Waals surface area (Å²) in [6.07, 6.45) is 0.00896. The monoisotopic (exact) mass is 420 g/mol. The first-order chi connectivity index (χ1) is 14.4. The van der Waals surface area contributed by atoms with Crippen molar-refractivity contribution in [2.45, 2.75) is 19.8 Å². The van der Waals surface area contributed by atoms with E-state index in [9.17, 15) is 14.4 Å². The molecular formula is C24H21ClN2O3. The fraction of sp³-hybridized carbons (Fsp3) is 0.125. The Labute approximate surface area is 180 Å². The van der Waals surface area contributed by atoms with Crippen LogP contribution in [-0.2, 0) is 9.59 Å². The highest BCUT2D eigenvalue weighted by Crippen LogP contribution is 2.24. The standard InChI is InChI=1S/C24H21ClN2O3/c1-16-7-5-6-10-20(16)26-22(28)13-14-23(29)27-21-12-11-18(25)15-19(21)24(30)17-8-3-2-4-9-17/h2-12,15H,13-14H2,1H3,(H,26,28)(H,27,29). The van der Waals surface area contributed by atoms with Crippen molar-refractivity contribution in [3.8, 4) is 0 Å². The third kappa shape index (κ3) is 5.55. The molecule has 0 spiro atoms. The number of rotatable bonds is 7. The number of carbonyl (C=O) groups excluding carboxylic acids is 3. The minimum Gasteiger partial charge on any atom is -0.326 e. The number of nitrogens with one attached hydrogen (secondary N) is 2. The number of carbonyl (C=O) groups is 3. The number of para-hydroxylation sites is 1. The first kappa shape index (κ1) is 21.3. The van der Waals surface area contributed by atoms with E-state index in [1.54, 1.807) is 36.4 Å². The van der Waals surface area contributed by atoms with Crippen LogP contribution in [0.3, 0.4) is 0 Å². The van der Waals surface area contributed by atoms with E-state index in [-0.39, 0.29) is 30.4 Å². The van der Waals surface area contributed by atoms with Crippen LogP contribution in [0.5, 0.6) is 0 Å². The molecule has 2 amide bonds. The minimum atomic E-state index is -0.362. The van der Waals surface area contributed by atoms with E-state index in [0.717, 1.165) is 11.3 Å². The molecule has 0 aliphatic carbocycles. The van der Waals surface area contributed by atoms with Crippen LogP contribution in [0.1, 0.15) is 34.3 Å². The largest absolute Gasteiger partial charge is 0.326 e. The minimum absolute atomic E-state index is 0.0146. The summed E-state index contributed by atoms with van der Waals surface area (Å²) in [6.45, 7) is 1.90. The van der Waals surface area contributed by atoms with Crippen molar-refractivity contribution >= 4 is 40.6 Å². The van der Waals surface area contributed by atoms with Gasteiger partial charge in [-0.2, -0.15) is 0 Å². The molecule has 0 fully saturated rings. The van der Waals surface area contributed by atoms with Gasteiger partial charge in [0.05, 0.1) is 5.69 Å². The summed E-state index contributed by atoms with van der Waals surface area (Å²) in [7, 11) is 0. The van der Waals surface area contributed by atoms with Crippen molar-refractivity contribution in [1.82, 2.24) is 0 Å². The molecule has 0 atom stereocenters. The maximum atomic E-state index is 12.8. The molecule has 0 aromatic heterocycles. The first-order valence-electron chi connectivity index (χ1n) is 9.48. The molecular weight excluding hydrogens is 400 g/mol. The van der Waals surface area contributed by atoms with Crippen molar-refractivity contribution in [3.63, 3.8) is 0 Å². The lowest BCUT2D eigenvalue weighted by atomic mass is 10.0. The number of benzene rings is 3. The number of ketones is 1. The van der Waals surface area contributed by atoms with E-state index >= 15 is 0 Å². The highest BCUT2D eigenvalue weighted by molar-refractivity contribution is 6.31. The normalized spacial score (nSPS) is 10.3. The molecule has 3 rings (SSSR count). The van der Waals surface area contributed by atoms with Crippen LogP contribution < -0.4 is 10.6 Å². The predicted octanol–water partition coefficient (Wildman–Crippen LogP) is 5.24. The Kier molecular flexibility index (Phi) is 6.99. The highest BCUT2D eigenvalue weighted by Gasteiger charge is 2.16. The van der Waals surface area contributed by atoms with Gasteiger partial charge in [0.25, 0.3) is 0 Å². The maximum Gasteiger partial charge on any atom is 0.224 e. The van der Waals surface area contributed by atoms with Gasteiger partial charge in [0.1, 0.15) is 0 Å². The first-order valence-corrected chi connectivity index (χ1v) is 9.86. The number of halogens is 1. The van der Waals surface area contributed by atoms with Gasteiger partial charge >= 0.3 is 0 Å². The van der Waals surface area contributed by atoms with Crippen molar-refractivity contribution < 1.29 is 14.4 Å². The van der Waals surface area contributed by atoms with Crippen LogP contribution >= 0.6 is 11.6 Å². The van der Waals surface area contributed by atoms with Gasteiger partial charge in [0.15, 0.2) is 5.78 Å². The summed E-state index contributed by atoms with van der Waals surface area (Å²) in [4.78, 5) is 37.4. The summed E-state index contributed by atoms with van der Waals surface area (Å²) >= 11 is 6.06. The molecule has 0 radical (unpaired) electrons. The summed E-state index contributed by atoms with van der Waals surface area (Å²) in [5, 5.41) is 5.91. The van der Waals surface area contributed by atoms with Crippen LogP contribution in [0.15, 0.2) is 72.8 Å². The lowest BCUT2D eigenvalue weighted by Crippen LogP contribution is -2.19. The van der Waals surface area contributed by atoms with Crippen LogP contribution in [0, 0.1) is 6.92 Å². The van der Waals surface area contributed by atoms with Gasteiger partial charge in [-0.1, -0.05) is 60.1 Å². The van der Waals surface area contributed by atoms with Gasteiger partial charge in [0, 0.05) is 34.7 Å². The highest BCUT2D eigenvalue weighted by atomic mass is 35.5. The Bertz CT molecular complexity index is 1080. The molecule has 2 N–H and O–H groups in total. The Morgan fingerprint density at radius 3 is 2.03 bits per heavy atom. The van der Waals surface area contributed by atoms with Gasteiger partial charge in [-0.05, 0) is 36.8 Å². The fourth-order valence-electron chi connectivity index (χ4n) is 2.92. The van der Waals surface area contributed by atoms with Gasteiger partial charge in [-0.25, -0.2) is 0 Å². The second-order valence-corrected chi connectivity index (χ2v) is 7.23. The van der Waals surface area contributed by atoms with E-state index in [0.29, 0.717) is 21.8 Å². The zero-order chi connectivity index (χ0) is 21.5. The third-order valence-electron chi connectivity index (χ3n) is 4.53. The molecule has 30 heavy (non-hydrogen) atoms. The average molecular weight is 421 g/mol. The van der Waals surface area contributed by atoms with Crippen molar-refractivity contribution in [3.05, 3.63) is 94.5 Å². The van der Waals surface area contributed by atoms with E-state index in [4.69, 9.17) is 11.6 Å². The predicted molar refractivity (Wildman–Crippen MR) is 119 cm³/mol. The van der Waals surface area contributed by atoms with Crippen LogP contribution in [0.25, 0.3) is 0 Å². The molecule has 0 bridgehead atoms. The van der Waals surface area contributed by atoms with Crippen LogP contribution in [0.2, 0.25) is 5.02 Å². The molecule has 5 nitrogen and oxygen atoms in total. The lowest BCUT2D eigenvalue weighted by molar-refractivity contribution is -0.121. The third-order valence-corrected chi connectivity index (χ3v) is 4.77. The zero-order valence-electron chi connectivity index (χ0n) is 16.4. The number of amides is 2. The molecule has 3 aromatic carbocycles. The Morgan fingerprint density at radius 1 is 0.767 bits per heavy atom. The Balaban J connectivity index is 1.65. The molecule has 0 aliphatic heterocycles. The molecule has 0 saturated carbocycles. The average Bonchev–Trinajstić information content (AvgIpc) is 2.75. The van der Waals surface area contributed by atoms with E-state index < -0.39 is 0 Å². The Hall–Kier alpha value is -3.44. The van der Waals surface area contributed by atoms with Crippen molar-refractivity contribution in [2.24, 2.45) is 0 Å². The van der Waals surface area contributed by atoms with Gasteiger partial charge in [-0.15, -0.1) is 0 Å². The Morgan fingerprint density at radius 2 is 1.37 bits per heavy atom. The molecule has 0 aliphatic rings. The molecule has 152 valence electrons. The SMILES string of the molecule is Cc1ccccc1NC(=O)CCC(=O)Nc1ccc(Cl)cc1C(=O)c1ccccc1. The number of aryl methyl sites for hydroxylation is 1. The molecule has 3 aromatic rings. The van der Waals surface area contributed by atoms with E-state index in [2.05, 4.69) is 10.6 Å². The summed E-state index contributed by atoms with van der Waals surface area (Å²) in [5.41, 5.74) is 2.81.